The lowest BCUT2D eigenvalue weighted by molar-refractivity contribution is -0.123. The van der Waals surface area contributed by atoms with Crippen LogP contribution in [0.15, 0.2) is 12.8 Å². The summed E-state index contributed by atoms with van der Waals surface area (Å²) >= 11 is 0. The standard InChI is InChI=1S/C11H20N2O2/c1-2-15-8-4-7-13-10(14)9-11(12)5-3-6-11/h2H,1,3-9,12H2,(H,13,14). The Hall–Kier alpha value is -1.03. The minimum atomic E-state index is -0.221. The average Bonchev–Trinajstić information content (AvgIpc) is 2.15. The van der Waals surface area contributed by atoms with Gasteiger partial charge in [-0.25, -0.2) is 0 Å². The molecule has 0 bridgehead atoms. The van der Waals surface area contributed by atoms with Crippen molar-refractivity contribution in [2.24, 2.45) is 5.73 Å². The lowest BCUT2D eigenvalue weighted by atomic mass is 9.75. The Bertz CT molecular complexity index is 225. The molecule has 1 rings (SSSR count). The third-order valence-corrected chi connectivity index (χ3v) is 2.74. The predicted molar refractivity (Wildman–Crippen MR) is 59.2 cm³/mol. The number of rotatable bonds is 7. The van der Waals surface area contributed by atoms with Crippen molar-refractivity contribution in [1.82, 2.24) is 5.32 Å². The lowest BCUT2D eigenvalue weighted by Crippen LogP contribution is -2.50. The molecule has 0 aromatic heterocycles. The van der Waals surface area contributed by atoms with Gasteiger partial charge in [-0.1, -0.05) is 6.58 Å². The molecular formula is C11H20N2O2. The number of carbonyl (C=O) groups excluding carboxylic acids is 1. The predicted octanol–water partition coefficient (Wildman–Crippen LogP) is 0.924. The molecule has 1 fully saturated rings. The second kappa shape index (κ2) is 5.75. The maximum atomic E-state index is 11.4. The van der Waals surface area contributed by atoms with Crippen molar-refractivity contribution in [1.29, 1.82) is 0 Å². The summed E-state index contributed by atoms with van der Waals surface area (Å²) in [6.45, 7) is 4.67. The largest absolute Gasteiger partial charge is 0.502 e. The molecule has 1 saturated carbocycles. The zero-order valence-electron chi connectivity index (χ0n) is 9.13. The van der Waals surface area contributed by atoms with E-state index in [9.17, 15) is 4.79 Å². The van der Waals surface area contributed by atoms with E-state index in [1.165, 1.54) is 6.26 Å². The molecule has 0 radical (unpaired) electrons. The Kier molecular flexibility index (Phi) is 4.62. The molecule has 0 aromatic rings. The molecule has 1 amide bonds. The Morgan fingerprint density at radius 2 is 2.33 bits per heavy atom. The van der Waals surface area contributed by atoms with E-state index in [4.69, 9.17) is 10.5 Å². The van der Waals surface area contributed by atoms with E-state index >= 15 is 0 Å². The van der Waals surface area contributed by atoms with Crippen LogP contribution < -0.4 is 11.1 Å². The quantitative estimate of drug-likeness (QED) is 0.487. The molecule has 1 aliphatic rings. The number of hydrogen-bond acceptors (Lipinski definition) is 3. The summed E-state index contributed by atoms with van der Waals surface area (Å²) in [6, 6.07) is 0. The van der Waals surface area contributed by atoms with E-state index < -0.39 is 0 Å². The minimum absolute atomic E-state index is 0.0517. The third kappa shape index (κ3) is 4.34. The molecule has 4 heteroatoms. The van der Waals surface area contributed by atoms with Gasteiger partial charge < -0.3 is 15.8 Å². The molecule has 0 unspecified atom stereocenters. The summed E-state index contributed by atoms with van der Waals surface area (Å²) in [6.07, 6.45) is 5.76. The van der Waals surface area contributed by atoms with Gasteiger partial charge in [0.05, 0.1) is 12.9 Å². The van der Waals surface area contributed by atoms with Gasteiger partial charge in [0.25, 0.3) is 0 Å². The molecule has 0 spiro atoms. The minimum Gasteiger partial charge on any atom is -0.502 e. The monoisotopic (exact) mass is 212 g/mol. The summed E-state index contributed by atoms with van der Waals surface area (Å²) in [4.78, 5) is 11.4. The van der Waals surface area contributed by atoms with Crippen molar-refractivity contribution in [3.8, 4) is 0 Å². The van der Waals surface area contributed by atoms with Crippen molar-refractivity contribution < 1.29 is 9.53 Å². The Morgan fingerprint density at radius 1 is 1.60 bits per heavy atom. The Labute approximate surface area is 90.9 Å². The zero-order chi connectivity index (χ0) is 11.1. The smallest absolute Gasteiger partial charge is 0.221 e. The third-order valence-electron chi connectivity index (χ3n) is 2.74. The molecule has 4 nitrogen and oxygen atoms in total. The van der Waals surface area contributed by atoms with E-state index in [1.54, 1.807) is 0 Å². The van der Waals surface area contributed by atoms with E-state index in [1.807, 2.05) is 0 Å². The molecule has 0 saturated heterocycles. The van der Waals surface area contributed by atoms with Gasteiger partial charge in [0, 0.05) is 18.5 Å². The fourth-order valence-corrected chi connectivity index (χ4v) is 1.66. The fourth-order valence-electron chi connectivity index (χ4n) is 1.66. The van der Waals surface area contributed by atoms with E-state index in [2.05, 4.69) is 11.9 Å². The number of hydrogen-bond donors (Lipinski definition) is 2. The highest BCUT2D eigenvalue weighted by atomic mass is 16.5. The molecule has 0 aliphatic heterocycles. The van der Waals surface area contributed by atoms with Crippen LogP contribution in [0, 0.1) is 0 Å². The van der Waals surface area contributed by atoms with Crippen molar-refractivity contribution in [3.63, 3.8) is 0 Å². The van der Waals surface area contributed by atoms with Gasteiger partial charge in [0.1, 0.15) is 0 Å². The normalized spacial score (nSPS) is 17.7. The van der Waals surface area contributed by atoms with Crippen LogP contribution in [0.1, 0.15) is 32.1 Å². The lowest BCUT2D eigenvalue weighted by Gasteiger charge is -2.37. The van der Waals surface area contributed by atoms with Gasteiger partial charge in [-0.15, -0.1) is 0 Å². The Morgan fingerprint density at radius 3 is 2.87 bits per heavy atom. The topological polar surface area (TPSA) is 64.3 Å². The maximum absolute atomic E-state index is 11.4. The van der Waals surface area contributed by atoms with Crippen LogP contribution in [0.4, 0.5) is 0 Å². The number of carbonyl (C=O) groups is 1. The molecule has 0 atom stereocenters. The van der Waals surface area contributed by atoms with Gasteiger partial charge in [-0.2, -0.15) is 0 Å². The van der Waals surface area contributed by atoms with Crippen LogP contribution in [-0.2, 0) is 9.53 Å². The first kappa shape index (κ1) is 12.0. The van der Waals surface area contributed by atoms with Crippen LogP contribution in [0.5, 0.6) is 0 Å². The number of nitrogens with two attached hydrogens (primary N) is 1. The zero-order valence-corrected chi connectivity index (χ0v) is 9.13. The van der Waals surface area contributed by atoms with Gasteiger partial charge >= 0.3 is 0 Å². The second-order valence-corrected chi connectivity index (χ2v) is 4.13. The highest BCUT2D eigenvalue weighted by Crippen LogP contribution is 2.31. The van der Waals surface area contributed by atoms with E-state index in [0.717, 1.165) is 25.7 Å². The van der Waals surface area contributed by atoms with Crippen molar-refractivity contribution in [3.05, 3.63) is 12.8 Å². The van der Waals surface area contributed by atoms with Crippen LogP contribution in [0.3, 0.4) is 0 Å². The summed E-state index contributed by atoms with van der Waals surface area (Å²) in [5.74, 6) is 0.0517. The molecule has 1 aliphatic carbocycles. The van der Waals surface area contributed by atoms with Crippen LogP contribution in [-0.4, -0.2) is 24.6 Å². The van der Waals surface area contributed by atoms with E-state index in [0.29, 0.717) is 19.6 Å². The molecule has 3 N–H and O–H groups in total. The highest BCUT2D eigenvalue weighted by Gasteiger charge is 2.34. The van der Waals surface area contributed by atoms with Crippen LogP contribution in [0.2, 0.25) is 0 Å². The van der Waals surface area contributed by atoms with Crippen LogP contribution in [0.25, 0.3) is 0 Å². The molecular weight excluding hydrogens is 192 g/mol. The average molecular weight is 212 g/mol. The van der Waals surface area contributed by atoms with Crippen molar-refractivity contribution >= 4 is 5.91 Å². The van der Waals surface area contributed by atoms with Gasteiger partial charge in [0.15, 0.2) is 0 Å². The summed E-state index contributed by atoms with van der Waals surface area (Å²) in [7, 11) is 0. The summed E-state index contributed by atoms with van der Waals surface area (Å²) in [5, 5.41) is 2.83. The number of ether oxygens (including phenoxy) is 1. The first-order valence-electron chi connectivity index (χ1n) is 5.44. The molecule has 86 valence electrons. The molecule has 15 heavy (non-hydrogen) atoms. The van der Waals surface area contributed by atoms with E-state index in [-0.39, 0.29) is 11.4 Å². The molecule has 0 aromatic carbocycles. The first-order chi connectivity index (χ1) is 7.16. The van der Waals surface area contributed by atoms with Crippen molar-refractivity contribution in [2.45, 2.75) is 37.6 Å². The fraction of sp³-hybridized carbons (Fsp3) is 0.727. The SMILES string of the molecule is C=COCCCNC(=O)CC1(N)CCC1. The van der Waals surface area contributed by atoms with Gasteiger partial charge in [0.2, 0.25) is 5.91 Å². The van der Waals surface area contributed by atoms with Crippen LogP contribution >= 0.6 is 0 Å². The number of nitrogens with one attached hydrogen (secondary N) is 1. The highest BCUT2D eigenvalue weighted by molar-refractivity contribution is 5.77. The van der Waals surface area contributed by atoms with Crippen molar-refractivity contribution in [2.75, 3.05) is 13.2 Å². The van der Waals surface area contributed by atoms with Gasteiger partial charge in [-0.3, -0.25) is 4.79 Å². The summed E-state index contributed by atoms with van der Waals surface area (Å²) < 4.78 is 4.94. The first-order valence-corrected chi connectivity index (χ1v) is 5.44. The number of amides is 1. The molecule has 0 heterocycles. The Balaban J connectivity index is 2.01. The van der Waals surface area contributed by atoms with Gasteiger partial charge in [-0.05, 0) is 25.7 Å². The second-order valence-electron chi connectivity index (χ2n) is 4.13. The summed E-state index contributed by atoms with van der Waals surface area (Å²) in [5.41, 5.74) is 5.74. The maximum Gasteiger partial charge on any atom is 0.221 e.